The fraction of sp³-hybridized carbons (Fsp3) is 0. The number of pyridine rings is 6. The van der Waals surface area contributed by atoms with Gasteiger partial charge in [0.15, 0.2) is 0 Å². The van der Waals surface area contributed by atoms with Gasteiger partial charge in [-0.1, -0.05) is 91.0 Å². The molecule has 0 amide bonds. The van der Waals surface area contributed by atoms with Gasteiger partial charge in [-0.05, 0) is 83.3 Å². The smallest absolute Gasteiger partial charge is 0.0972 e. The van der Waals surface area contributed by atoms with Crippen LogP contribution in [-0.4, -0.2) is 29.9 Å². The lowest BCUT2D eigenvalue weighted by Crippen LogP contribution is -1.93. The maximum atomic E-state index is 5.28. The second-order valence-corrected chi connectivity index (χ2v) is 15.0. The third-order valence-electron chi connectivity index (χ3n) is 10.3. The molecule has 0 aliphatic carbocycles. The topological polar surface area (TPSA) is 77.3 Å². The average Bonchev–Trinajstić information content (AvgIpc) is 3.25. The van der Waals surface area contributed by atoms with Gasteiger partial charge in [0.1, 0.15) is 0 Å². The summed E-state index contributed by atoms with van der Waals surface area (Å²) in [5.74, 6) is 0. The number of rotatable bonds is 4. The number of aromatic nitrogens is 6. The van der Waals surface area contributed by atoms with E-state index in [-0.39, 0.29) is 0 Å². The van der Waals surface area contributed by atoms with Crippen molar-refractivity contribution in [1.29, 1.82) is 0 Å². The zero-order valence-electron chi connectivity index (χ0n) is 29.1. The van der Waals surface area contributed by atoms with Gasteiger partial charge in [0, 0.05) is 70.5 Å². The average molecular weight is 815 g/mol. The second kappa shape index (κ2) is 12.7. The molecule has 5 aromatic carbocycles. The van der Waals surface area contributed by atoms with E-state index < -0.39 is 0 Å². The molecule has 256 valence electrons. The van der Waals surface area contributed by atoms with Crippen LogP contribution in [-0.2, 0) is 0 Å². The van der Waals surface area contributed by atoms with E-state index in [0.29, 0.717) is 0 Å². The molecule has 0 atom stereocenters. The largest absolute Gasteiger partial charge is 0.254 e. The summed E-state index contributed by atoms with van der Waals surface area (Å²) in [7, 11) is 0. The van der Waals surface area contributed by atoms with Crippen molar-refractivity contribution < 1.29 is 0 Å². The van der Waals surface area contributed by atoms with Crippen molar-refractivity contribution in [2.45, 2.75) is 0 Å². The van der Waals surface area contributed by atoms with E-state index >= 15 is 0 Å². The Balaban J connectivity index is 0.992. The molecule has 7 heteroatoms. The predicted octanol–water partition coefficient (Wildman–Crippen LogP) is 12.2. The molecule has 0 radical (unpaired) electrons. The summed E-state index contributed by atoms with van der Waals surface area (Å²) >= 11 is 2.39. The lowest BCUT2D eigenvalue weighted by Gasteiger charge is -2.11. The van der Waals surface area contributed by atoms with Gasteiger partial charge >= 0.3 is 0 Å². The molecular weight excluding hydrogens is 787 g/mol. The van der Waals surface area contributed by atoms with Gasteiger partial charge in [-0.25, -0.2) is 19.9 Å². The molecule has 0 spiro atoms. The molecule has 0 fully saturated rings. The van der Waals surface area contributed by atoms with Gasteiger partial charge < -0.3 is 0 Å². The number of hydrogen-bond donors (Lipinski definition) is 0. The molecular formula is C48H27IN6. The lowest BCUT2D eigenvalue weighted by molar-refractivity contribution is 1.35. The summed E-state index contributed by atoms with van der Waals surface area (Å²) in [6, 6.07) is 52.6. The molecule has 0 saturated heterocycles. The summed E-state index contributed by atoms with van der Waals surface area (Å²) < 4.78 is 1.11. The molecule has 0 aliphatic heterocycles. The Morgan fingerprint density at radius 1 is 0.291 bits per heavy atom. The first-order valence-corrected chi connectivity index (χ1v) is 19.1. The van der Waals surface area contributed by atoms with E-state index in [1.165, 1.54) is 0 Å². The minimum Gasteiger partial charge on any atom is -0.254 e. The van der Waals surface area contributed by atoms with Crippen LogP contribution in [0.4, 0.5) is 0 Å². The van der Waals surface area contributed by atoms with E-state index in [9.17, 15) is 0 Å². The number of hydrogen-bond acceptors (Lipinski definition) is 6. The van der Waals surface area contributed by atoms with Crippen LogP contribution in [0, 0.1) is 3.57 Å². The van der Waals surface area contributed by atoms with Gasteiger partial charge in [-0.3, -0.25) is 9.97 Å². The minimum atomic E-state index is 0.866. The highest BCUT2D eigenvalue weighted by molar-refractivity contribution is 14.1. The van der Waals surface area contributed by atoms with Gasteiger partial charge in [0.05, 0.1) is 55.9 Å². The number of fused-ring (bicyclic) bond motifs is 9. The summed E-state index contributed by atoms with van der Waals surface area (Å²) in [4.78, 5) is 30.1. The van der Waals surface area contributed by atoms with Crippen LogP contribution in [0.3, 0.4) is 0 Å². The summed E-state index contributed by atoms with van der Waals surface area (Å²) in [5.41, 5.74) is 13.0. The molecule has 0 aliphatic rings. The molecule has 11 aromatic rings. The van der Waals surface area contributed by atoms with Crippen LogP contribution in [0.25, 0.3) is 110 Å². The van der Waals surface area contributed by atoms with Crippen molar-refractivity contribution in [3.05, 3.63) is 168 Å². The summed E-state index contributed by atoms with van der Waals surface area (Å²) in [5, 5.41) is 6.37. The van der Waals surface area contributed by atoms with Crippen LogP contribution < -0.4 is 0 Å². The van der Waals surface area contributed by atoms with Crippen molar-refractivity contribution in [2.24, 2.45) is 0 Å². The van der Waals surface area contributed by atoms with E-state index in [1.807, 2.05) is 24.5 Å². The first-order valence-electron chi connectivity index (χ1n) is 18.0. The normalized spacial score (nSPS) is 11.7. The van der Waals surface area contributed by atoms with Crippen molar-refractivity contribution >= 4 is 88.0 Å². The number of halogens is 1. The number of benzene rings is 5. The van der Waals surface area contributed by atoms with Crippen LogP contribution in [0.5, 0.6) is 0 Å². The van der Waals surface area contributed by atoms with Crippen molar-refractivity contribution in [2.75, 3.05) is 0 Å². The van der Waals surface area contributed by atoms with Crippen molar-refractivity contribution in [3.8, 4) is 45.0 Å². The third kappa shape index (κ3) is 5.54. The third-order valence-corrected chi connectivity index (χ3v) is 11.0. The minimum absolute atomic E-state index is 0.866. The summed E-state index contributed by atoms with van der Waals surface area (Å²) in [6.45, 7) is 0. The van der Waals surface area contributed by atoms with Crippen LogP contribution >= 0.6 is 22.6 Å². The number of nitrogens with zero attached hydrogens (tertiary/aromatic N) is 6. The molecule has 0 saturated carbocycles. The monoisotopic (exact) mass is 814 g/mol. The van der Waals surface area contributed by atoms with Gasteiger partial charge in [0.2, 0.25) is 0 Å². The molecule has 55 heavy (non-hydrogen) atoms. The van der Waals surface area contributed by atoms with E-state index in [1.54, 1.807) is 0 Å². The van der Waals surface area contributed by atoms with Crippen LogP contribution in [0.1, 0.15) is 0 Å². The van der Waals surface area contributed by atoms with Gasteiger partial charge in [-0.15, -0.1) is 0 Å². The zero-order chi connectivity index (χ0) is 36.5. The Hall–Kier alpha value is -6.71. The molecule has 11 rings (SSSR count). The van der Waals surface area contributed by atoms with E-state index in [4.69, 9.17) is 19.9 Å². The molecule has 6 aromatic heterocycles. The summed E-state index contributed by atoms with van der Waals surface area (Å²) in [6.07, 6.45) is 3.65. The fourth-order valence-electron chi connectivity index (χ4n) is 7.58. The second-order valence-electron chi connectivity index (χ2n) is 13.7. The Labute approximate surface area is 328 Å². The zero-order valence-corrected chi connectivity index (χ0v) is 31.3. The predicted molar refractivity (Wildman–Crippen MR) is 233 cm³/mol. The van der Waals surface area contributed by atoms with Crippen molar-refractivity contribution in [1.82, 2.24) is 29.9 Å². The fourth-order valence-corrected chi connectivity index (χ4v) is 8.25. The highest BCUT2D eigenvalue weighted by Gasteiger charge is 2.14. The maximum absolute atomic E-state index is 5.28. The first kappa shape index (κ1) is 31.8. The molecule has 6 nitrogen and oxygen atoms in total. The molecule has 0 N–H and O–H groups in total. The molecule has 6 heterocycles. The Bertz CT molecular complexity index is 3360. The van der Waals surface area contributed by atoms with Crippen LogP contribution in [0.2, 0.25) is 0 Å². The van der Waals surface area contributed by atoms with Crippen molar-refractivity contribution in [3.63, 3.8) is 0 Å². The van der Waals surface area contributed by atoms with Gasteiger partial charge in [-0.2, -0.15) is 0 Å². The van der Waals surface area contributed by atoms with Gasteiger partial charge in [0.25, 0.3) is 0 Å². The standard InChI is InChI=1S/C48H27IN6/c49-38-26-36(41-20-16-31-11-9-29-7-3-23-51-44(29)46(31)54-41)25-37(27-38)42-21-17-33-13-12-32-15-19-40(53-47(32)48(33)55-42)35-5-1-4-34(24-35)39-18-14-30-10-8-28-6-2-22-50-43(28)45(30)52-39/h1-27H. The molecule has 0 unspecified atom stereocenters. The Morgan fingerprint density at radius 2 is 0.618 bits per heavy atom. The Morgan fingerprint density at radius 3 is 1.04 bits per heavy atom. The maximum Gasteiger partial charge on any atom is 0.0972 e. The highest BCUT2D eigenvalue weighted by atomic mass is 127. The molecule has 0 bridgehead atoms. The SMILES string of the molecule is Ic1cc(-c2ccc3ccc4cccnc4c3n2)cc(-c2ccc3ccc4ccc(-c5cccc(-c6ccc7ccc8cccnc8c7n6)c5)nc4c3n2)c1. The Kier molecular flexibility index (Phi) is 7.34. The van der Waals surface area contributed by atoms with E-state index in [0.717, 1.165) is 114 Å². The van der Waals surface area contributed by atoms with Crippen LogP contribution in [0.15, 0.2) is 164 Å². The van der Waals surface area contributed by atoms with E-state index in [2.05, 4.69) is 172 Å². The first-order chi connectivity index (χ1) is 27.1. The quantitative estimate of drug-likeness (QED) is 0.130. The lowest BCUT2D eigenvalue weighted by atomic mass is 10.0. The highest BCUT2D eigenvalue weighted by Crippen LogP contribution is 2.34.